The topological polar surface area (TPSA) is 70.1 Å². The van der Waals surface area contributed by atoms with Crippen LogP contribution in [0, 0.1) is 11.6 Å². The summed E-state index contributed by atoms with van der Waals surface area (Å²) in [4.78, 5) is 12.8. The number of amides is 1. The van der Waals surface area contributed by atoms with E-state index in [1.165, 1.54) is 12.1 Å². The van der Waals surface area contributed by atoms with Gasteiger partial charge in [0.1, 0.15) is 11.6 Å². The van der Waals surface area contributed by atoms with Gasteiger partial charge < -0.3 is 10.5 Å². The summed E-state index contributed by atoms with van der Waals surface area (Å²) < 4.78 is 37.1. The van der Waals surface area contributed by atoms with E-state index < -0.39 is 23.0 Å². The molecule has 1 aliphatic heterocycles. The molecule has 1 aromatic heterocycles. The number of nitrogens with zero attached hydrogens (tertiary/aromatic N) is 2. The molecule has 3 aromatic rings. The molecular formula is C22H21F2N3O2S. The molecule has 2 heterocycles. The number of hydrogen-bond acceptors (Lipinski definition) is 4. The van der Waals surface area contributed by atoms with E-state index in [2.05, 4.69) is 5.10 Å². The van der Waals surface area contributed by atoms with E-state index in [-0.39, 0.29) is 23.3 Å². The van der Waals surface area contributed by atoms with Crippen LogP contribution in [0.1, 0.15) is 18.4 Å². The summed E-state index contributed by atoms with van der Waals surface area (Å²) in [7, 11) is 1.85. The third-order valence-electron chi connectivity index (χ3n) is 5.57. The highest BCUT2D eigenvalue weighted by atomic mass is 32.2. The predicted molar refractivity (Wildman–Crippen MR) is 110 cm³/mol. The lowest BCUT2D eigenvalue weighted by Gasteiger charge is -2.35. The summed E-state index contributed by atoms with van der Waals surface area (Å²) in [5, 5.41) is 4.15. The molecular weight excluding hydrogens is 408 g/mol. The van der Waals surface area contributed by atoms with Gasteiger partial charge in [-0.3, -0.25) is 9.48 Å². The highest BCUT2D eigenvalue weighted by Gasteiger charge is 2.43. The summed E-state index contributed by atoms with van der Waals surface area (Å²) in [6, 6.07) is 11.8. The van der Waals surface area contributed by atoms with Gasteiger partial charge in [-0.05, 0) is 42.7 Å². The Morgan fingerprint density at radius 1 is 1.13 bits per heavy atom. The van der Waals surface area contributed by atoms with E-state index >= 15 is 4.39 Å². The van der Waals surface area contributed by atoms with Crippen LogP contribution in [0.15, 0.2) is 58.5 Å². The van der Waals surface area contributed by atoms with Crippen LogP contribution >= 0.6 is 11.8 Å². The Morgan fingerprint density at radius 3 is 2.43 bits per heavy atom. The van der Waals surface area contributed by atoms with Crippen molar-refractivity contribution in [1.29, 1.82) is 0 Å². The smallest absolute Gasteiger partial charge is 0.228 e. The van der Waals surface area contributed by atoms with Crippen molar-refractivity contribution in [1.82, 2.24) is 9.78 Å². The first-order chi connectivity index (χ1) is 14.4. The summed E-state index contributed by atoms with van der Waals surface area (Å²) >= 11 is 0.984. The Morgan fingerprint density at radius 2 is 1.83 bits per heavy atom. The highest BCUT2D eigenvalue weighted by molar-refractivity contribution is 7.99. The molecule has 0 radical (unpaired) electrons. The third kappa shape index (κ3) is 3.61. The van der Waals surface area contributed by atoms with Crippen LogP contribution in [0.5, 0.6) is 0 Å². The molecule has 0 unspecified atom stereocenters. The van der Waals surface area contributed by atoms with E-state index in [9.17, 15) is 9.18 Å². The zero-order valence-corrected chi connectivity index (χ0v) is 17.2. The van der Waals surface area contributed by atoms with Crippen LogP contribution < -0.4 is 5.73 Å². The first-order valence-electron chi connectivity index (χ1n) is 9.55. The van der Waals surface area contributed by atoms with Crippen molar-refractivity contribution >= 4 is 17.7 Å². The maximum absolute atomic E-state index is 15.4. The molecule has 1 fully saturated rings. The molecule has 30 heavy (non-hydrogen) atoms. The fourth-order valence-electron chi connectivity index (χ4n) is 3.83. The molecule has 0 saturated carbocycles. The normalized spacial score (nSPS) is 15.8. The van der Waals surface area contributed by atoms with E-state index in [1.807, 2.05) is 25.2 Å². The zero-order valence-electron chi connectivity index (χ0n) is 16.4. The van der Waals surface area contributed by atoms with E-state index in [1.54, 1.807) is 23.0 Å². The number of primary amides is 1. The molecule has 4 rings (SSSR count). The van der Waals surface area contributed by atoms with Gasteiger partial charge in [-0.25, -0.2) is 8.78 Å². The molecule has 1 amide bonds. The number of carbonyl (C=O) groups is 1. The monoisotopic (exact) mass is 429 g/mol. The minimum Gasteiger partial charge on any atom is -0.381 e. The van der Waals surface area contributed by atoms with Gasteiger partial charge in [0.25, 0.3) is 0 Å². The van der Waals surface area contributed by atoms with E-state index in [0.717, 1.165) is 23.0 Å². The van der Waals surface area contributed by atoms with E-state index in [0.29, 0.717) is 18.1 Å². The number of aryl methyl sites for hydroxylation is 1. The van der Waals surface area contributed by atoms with E-state index in [4.69, 9.17) is 10.5 Å². The molecule has 0 aliphatic carbocycles. The van der Waals surface area contributed by atoms with Crippen LogP contribution in [0.2, 0.25) is 0 Å². The molecule has 0 bridgehead atoms. The van der Waals surface area contributed by atoms with Crippen LogP contribution in [-0.4, -0.2) is 28.9 Å². The predicted octanol–water partition coefficient (Wildman–Crippen LogP) is 4.05. The lowest BCUT2D eigenvalue weighted by atomic mass is 9.73. The Labute approximate surface area is 177 Å². The Hall–Kier alpha value is -2.71. The van der Waals surface area contributed by atoms with Gasteiger partial charge in [0, 0.05) is 36.9 Å². The lowest BCUT2D eigenvalue weighted by Crippen LogP contribution is -2.46. The standard InChI is InChI=1S/C22H21F2N3O2S/c1-27-18(8-11-26-27)14-2-4-15(5-3-14)30-20-17(23)7-6-16(19(20)24)22(21(25)28)9-12-29-13-10-22/h2-8,11H,9-10,12-13H2,1H3,(H2,25,28). The van der Waals surface area contributed by atoms with Crippen molar-refractivity contribution in [2.24, 2.45) is 12.8 Å². The quantitative estimate of drug-likeness (QED) is 0.664. The maximum Gasteiger partial charge on any atom is 0.228 e. The summed E-state index contributed by atoms with van der Waals surface area (Å²) in [6.45, 7) is 0.607. The molecule has 156 valence electrons. The van der Waals surface area contributed by atoms with Crippen LogP contribution in [0.25, 0.3) is 11.3 Å². The van der Waals surface area contributed by atoms with Gasteiger partial charge in [-0.2, -0.15) is 5.10 Å². The first-order valence-corrected chi connectivity index (χ1v) is 10.4. The van der Waals surface area contributed by atoms with Crippen molar-refractivity contribution in [2.75, 3.05) is 13.2 Å². The number of hydrogen-bond donors (Lipinski definition) is 1. The number of rotatable bonds is 5. The lowest BCUT2D eigenvalue weighted by molar-refractivity contribution is -0.127. The second-order valence-electron chi connectivity index (χ2n) is 7.26. The SMILES string of the molecule is Cn1nccc1-c1ccc(Sc2c(F)ccc(C3(C(N)=O)CCOCC3)c2F)cc1. The van der Waals surface area contributed by atoms with Crippen molar-refractivity contribution in [3.8, 4) is 11.3 Å². The second kappa shape index (κ2) is 8.20. The molecule has 0 spiro atoms. The number of nitrogens with two attached hydrogens (primary N) is 1. The van der Waals surface area contributed by atoms with Crippen molar-refractivity contribution in [3.63, 3.8) is 0 Å². The number of benzene rings is 2. The minimum atomic E-state index is -1.19. The fourth-order valence-corrected chi connectivity index (χ4v) is 4.71. The van der Waals surface area contributed by atoms with Crippen LogP contribution in [0.3, 0.4) is 0 Å². The molecule has 2 aromatic carbocycles. The average molecular weight is 429 g/mol. The van der Waals surface area contributed by atoms with Crippen molar-refractivity contribution in [2.45, 2.75) is 28.0 Å². The number of carbonyl (C=O) groups excluding carboxylic acids is 1. The highest BCUT2D eigenvalue weighted by Crippen LogP contribution is 2.41. The molecule has 0 atom stereocenters. The van der Waals surface area contributed by atoms with Gasteiger partial charge in [0.2, 0.25) is 5.91 Å². The Kier molecular flexibility index (Phi) is 5.62. The second-order valence-corrected chi connectivity index (χ2v) is 8.35. The molecule has 8 heteroatoms. The third-order valence-corrected chi connectivity index (χ3v) is 6.66. The molecule has 2 N–H and O–H groups in total. The zero-order chi connectivity index (χ0) is 21.3. The first kappa shape index (κ1) is 20.6. The van der Waals surface area contributed by atoms with Crippen LogP contribution in [-0.2, 0) is 22.0 Å². The van der Waals surface area contributed by atoms with Crippen molar-refractivity contribution < 1.29 is 18.3 Å². The molecule has 1 saturated heterocycles. The minimum absolute atomic E-state index is 0.133. The van der Waals surface area contributed by atoms with Gasteiger partial charge in [0.15, 0.2) is 0 Å². The number of ether oxygens (including phenoxy) is 1. The fraction of sp³-hybridized carbons (Fsp3) is 0.273. The molecule has 1 aliphatic rings. The summed E-state index contributed by atoms with van der Waals surface area (Å²) in [6.07, 6.45) is 2.25. The summed E-state index contributed by atoms with van der Waals surface area (Å²) in [5.74, 6) is -2.03. The maximum atomic E-state index is 15.4. The van der Waals surface area contributed by atoms with Gasteiger partial charge >= 0.3 is 0 Å². The largest absolute Gasteiger partial charge is 0.381 e. The molecule has 5 nitrogen and oxygen atoms in total. The van der Waals surface area contributed by atoms with Crippen LogP contribution in [0.4, 0.5) is 8.78 Å². The summed E-state index contributed by atoms with van der Waals surface area (Å²) in [5.41, 5.74) is 6.48. The average Bonchev–Trinajstić information content (AvgIpc) is 3.18. The Balaban J connectivity index is 1.67. The van der Waals surface area contributed by atoms with Gasteiger partial charge in [0.05, 0.1) is 16.0 Å². The number of aromatic nitrogens is 2. The number of halogens is 2. The van der Waals surface area contributed by atoms with Gasteiger partial charge in [-0.15, -0.1) is 0 Å². The Bertz CT molecular complexity index is 1080. The van der Waals surface area contributed by atoms with Crippen molar-refractivity contribution in [3.05, 3.63) is 65.9 Å². The van der Waals surface area contributed by atoms with Gasteiger partial charge in [-0.1, -0.05) is 30.0 Å².